The maximum Gasteiger partial charge on any atom is 0.240 e. The van der Waals surface area contributed by atoms with Gasteiger partial charge < -0.3 is 10.6 Å². The topological polar surface area (TPSA) is 41.1 Å². The number of hydrogen-bond acceptors (Lipinski definition) is 2. The van der Waals surface area contributed by atoms with Crippen molar-refractivity contribution in [3.8, 4) is 0 Å². The highest BCUT2D eigenvalue weighted by Crippen LogP contribution is 2.22. The molecule has 1 amide bonds. The predicted octanol–water partition coefficient (Wildman–Crippen LogP) is 3.49. The molecule has 114 valence electrons. The third-order valence-electron chi connectivity index (χ3n) is 3.87. The van der Waals surface area contributed by atoms with Crippen LogP contribution in [0.1, 0.15) is 74.1 Å². The van der Waals surface area contributed by atoms with Gasteiger partial charge in [0.15, 0.2) is 0 Å². The van der Waals surface area contributed by atoms with E-state index in [0.717, 1.165) is 32.2 Å². The molecule has 0 aromatic carbocycles. The Labute approximate surface area is 119 Å². The zero-order valence-electron chi connectivity index (χ0n) is 14.0. The Hall–Kier alpha value is -0.570. The maximum absolute atomic E-state index is 12.4. The second kappa shape index (κ2) is 7.88. The summed E-state index contributed by atoms with van der Waals surface area (Å²) >= 11 is 0. The first-order valence-electron chi connectivity index (χ1n) is 7.73. The van der Waals surface area contributed by atoms with Gasteiger partial charge in [0.25, 0.3) is 0 Å². The standard InChI is InChI=1S/C16H34N2O/c1-8-10-11-16(7,14(19)18-13(3)4)17-12-15(5,6)9-2/h13,17H,8-12H2,1-7H3,(H,18,19). The van der Waals surface area contributed by atoms with Crippen LogP contribution in [0, 0.1) is 5.41 Å². The number of rotatable bonds is 9. The number of carbonyl (C=O) groups is 1. The highest BCUT2D eigenvalue weighted by atomic mass is 16.2. The van der Waals surface area contributed by atoms with Crippen LogP contribution in [0.25, 0.3) is 0 Å². The molecular formula is C16H34N2O. The van der Waals surface area contributed by atoms with Gasteiger partial charge in [-0.1, -0.05) is 40.5 Å². The molecule has 0 aliphatic carbocycles. The Morgan fingerprint density at radius 3 is 2.16 bits per heavy atom. The van der Waals surface area contributed by atoms with Gasteiger partial charge in [-0.2, -0.15) is 0 Å². The predicted molar refractivity (Wildman–Crippen MR) is 83.3 cm³/mol. The molecule has 0 aliphatic rings. The molecule has 0 rings (SSSR count). The molecule has 0 radical (unpaired) electrons. The molecule has 0 saturated carbocycles. The molecule has 19 heavy (non-hydrogen) atoms. The van der Waals surface area contributed by atoms with Crippen LogP contribution in [-0.2, 0) is 4.79 Å². The van der Waals surface area contributed by atoms with Crippen molar-refractivity contribution >= 4 is 5.91 Å². The Bertz CT molecular complexity index is 274. The van der Waals surface area contributed by atoms with Crippen molar-refractivity contribution in [2.45, 2.75) is 85.7 Å². The van der Waals surface area contributed by atoms with E-state index in [1.807, 2.05) is 20.8 Å². The fraction of sp³-hybridized carbons (Fsp3) is 0.938. The zero-order chi connectivity index (χ0) is 15.1. The second-order valence-corrected chi connectivity index (χ2v) is 6.94. The molecule has 1 unspecified atom stereocenters. The van der Waals surface area contributed by atoms with Crippen LogP contribution in [0.3, 0.4) is 0 Å². The first-order chi connectivity index (χ1) is 8.67. The van der Waals surface area contributed by atoms with Crippen molar-refractivity contribution in [3.63, 3.8) is 0 Å². The van der Waals surface area contributed by atoms with Gasteiger partial charge in [-0.25, -0.2) is 0 Å². The summed E-state index contributed by atoms with van der Waals surface area (Å²) in [6.07, 6.45) is 4.18. The summed E-state index contributed by atoms with van der Waals surface area (Å²) < 4.78 is 0. The quantitative estimate of drug-likeness (QED) is 0.673. The zero-order valence-corrected chi connectivity index (χ0v) is 14.0. The van der Waals surface area contributed by atoms with E-state index >= 15 is 0 Å². The van der Waals surface area contributed by atoms with Crippen molar-refractivity contribution in [2.75, 3.05) is 6.54 Å². The lowest BCUT2D eigenvalue weighted by Crippen LogP contribution is -2.57. The summed E-state index contributed by atoms with van der Waals surface area (Å²) in [5.41, 5.74) is -0.224. The molecular weight excluding hydrogens is 236 g/mol. The largest absolute Gasteiger partial charge is 0.352 e. The third kappa shape index (κ3) is 6.95. The Kier molecular flexibility index (Phi) is 7.65. The summed E-state index contributed by atoms with van der Waals surface area (Å²) in [6.45, 7) is 15.8. The molecule has 0 aliphatic heterocycles. The number of hydrogen-bond donors (Lipinski definition) is 2. The lowest BCUT2D eigenvalue weighted by molar-refractivity contribution is -0.128. The number of unbranched alkanes of at least 4 members (excludes halogenated alkanes) is 1. The van der Waals surface area contributed by atoms with Crippen molar-refractivity contribution in [1.29, 1.82) is 0 Å². The Morgan fingerprint density at radius 2 is 1.74 bits per heavy atom. The van der Waals surface area contributed by atoms with Gasteiger partial charge in [0.05, 0.1) is 5.54 Å². The average molecular weight is 270 g/mol. The molecule has 0 heterocycles. The molecule has 0 aromatic heterocycles. The monoisotopic (exact) mass is 270 g/mol. The van der Waals surface area contributed by atoms with Gasteiger partial charge in [0, 0.05) is 12.6 Å². The lowest BCUT2D eigenvalue weighted by Gasteiger charge is -2.34. The molecule has 3 nitrogen and oxygen atoms in total. The van der Waals surface area contributed by atoms with Crippen LogP contribution in [0.15, 0.2) is 0 Å². The van der Waals surface area contributed by atoms with Gasteiger partial charge in [-0.3, -0.25) is 4.79 Å². The normalized spacial score (nSPS) is 15.4. The Morgan fingerprint density at radius 1 is 1.16 bits per heavy atom. The van der Waals surface area contributed by atoms with Crippen LogP contribution in [0.4, 0.5) is 0 Å². The van der Waals surface area contributed by atoms with E-state index in [0.29, 0.717) is 0 Å². The molecule has 3 heteroatoms. The molecule has 0 spiro atoms. The van der Waals surface area contributed by atoms with Crippen molar-refractivity contribution < 1.29 is 4.79 Å². The summed E-state index contributed by atoms with van der Waals surface area (Å²) in [6, 6.07) is 0.189. The smallest absolute Gasteiger partial charge is 0.240 e. The minimum Gasteiger partial charge on any atom is -0.352 e. The van der Waals surface area contributed by atoms with Crippen molar-refractivity contribution in [1.82, 2.24) is 10.6 Å². The molecule has 0 fully saturated rings. The first kappa shape index (κ1) is 18.4. The average Bonchev–Trinajstić information content (AvgIpc) is 2.33. The second-order valence-electron chi connectivity index (χ2n) is 6.94. The van der Waals surface area contributed by atoms with E-state index < -0.39 is 5.54 Å². The number of amides is 1. The first-order valence-corrected chi connectivity index (χ1v) is 7.73. The molecule has 0 bridgehead atoms. The van der Waals surface area contributed by atoms with Crippen molar-refractivity contribution in [3.05, 3.63) is 0 Å². The molecule has 0 aromatic rings. The minimum absolute atomic E-state index is 0.128. The minimum atomic E-state index is -0.452. The van der Waals surface area contributed by atoms with E-state index in [9.17, 15) is 4.79 Å². The van der Waals surface area contributed by atoms with Crippen LogP contribution in [0.5, 0.6) is 0 Å². The fourth-order valence-corrected chi connectivity index (χ4v) is 1.79. The molecule has 0 saturated heterocycles. The summed E-state index contributed by atoms with van der Waals surface area (Å²) in [5, 5.41) is 6.56. The van der Waals surface area contributed by atoms with Gasteiger partial charge in [-0.15, -0.1) is 0 Å². The van der Waals surface area contributed by atoms with Crippen molar-refractivity contribution in [2.24, 2.45) is 5.41 Å². The van der Waals surface area contributed by atoms with Crippen LogP contribution < -0.4 is 10.6 Å². The van der Waals surface area contributed by atoms with Crippen LogP contribution in [-0.4, -0.2) is 24.0 Å². The highest BCUT2D eigenvalue weighted by molar-refractivity contribution is 5.86. The Balaban J connectivity index is 4.71. The number of carbonyl (C=O) groups excluding carboxylic acids is 1. The van der Waals surface area contributed by atoms with Crippen LogP contribution in [0.2, 0.25) is 0 Å². The van der Waals surface area contributed by atoms with Gasteiger partial charge in [0.1, 0.15) is 0 Å². The van der Waals surface area contributed by atoms with E-state index in [1.165, 1.54) is 0 Å². The van der Waals surface area contributed by atoms with Gasteiger partial charge in [0.2, 0.25) is 5.91 Å². The summed E-state index contributed by atoms with van der Waals surface area (Å²) in [7, 11) is 0. The van der Waals surface area contributed by atoms with E-state index in [1.54, 1.807) is 0 Å². The van der Waals surface area contributed by atoms with E-state index in [2.05, 4.69) is 38.3 Å². The molecule has 2 N–H and O–H groups in total. The summed E-state index contributed by atoms with van der Waals surface area (Å²) in [4.78, 5) is 12.4. The lowest BCUT2D eigenvalue weighted by atomic mass is 9.87. The summed E-state index contributed by atoms with van der Waals surface area (Å²) in [5.74, 6) is 0.128. The van der Waals surface area contributed by atoms with Gasteiger partial charge >= 0.3 is 0 Å². The van der Waals surface area contributed by atoms with E-state index in [-0.39, 0.29) is 17.4 Å². The third-order valence-corrected chi connectivity index (χ3v) is 3.87. The fourth-order valence-electron chi connectivity index (χ4n) is 1.79. The SMILES string of the molecule is CCCCC(C)(NCC(C)(C)CC)C(=O)NC(C)C. The number of nitrogens with one attached hydrogen (secondary N) is 2. The molecule has 1 atom stereocenters. The van der Waals surface area contributed by atoms with E-state index in [4.69, 9.17) is 0 Å². The van der Waals surface area contributed by atoms with Crippen LogP contribution >= 0.6 is 0 Å². The highest BCUT2D eigenvalue weighted by Gasteiger charge is 2.33. The maximum atomic E-state index is 12.4. The van der Waals surface area contributed by atoms with Gasteiger partial charge in [-0.05, 0) is 39.0 Å².